The average Bonchev–Trinajstić information content (AvgIpc) is 3.14. The van der Waals surface area contributed by atoms with Gasteiger partial charge >= 0.3 is 0 Å². The standard InChI is InChI=1S/C24H30N6O/c1-18-15-19(2)30(28-18)23-10-9-20(16-26-23)17-27-24(25-3)29-13-11-22(12-14-29)31-21-7-5-4-6-8-21/h4-10,15-16,22H,11-14,17H2,1-3H3,(H,25,27). The summed E-state index contributed by atoms with van der Waals surface area (Å²) in [4.78, 5) is 11.3. The Morgan fingerprint density at radius 2 is 1.90 bits per heavy atom. The predicted molar refractivity (Wildman–Crippen MR) is 123 cm³/mol. The molecule has 7 nitrogen and oxygen atoms in total. The zero-order valence-corrected chi connectivity index (χ0v) is 18.5. The number of rotatable bonds is 5. The minimum Gasteiger partial charge on any atom is -0.490 e. The van der Waals surface area contributed by atoms with E-state index in [0.29, 0.717) is 6.54 Å². The zero-order valence-electron chi connectivity index (χ0n) is 18.5. The van der Waals surface area contributed by atoms with E-state index in [1.165, 1.54) is 0 Å². The highest BCUT2D eigenvalue weighted by Crippen LogP contribution is 2.19. The molecule has 0 radical (unpaired) electrons. The molecule has 0 spiro atoms. The molecule has 4 rings (SSSR count). The van der Waals surface area contributed by atoms with E-state index in [2.05, 4.69) is 37.4 Å². The molecule has 0 saturated carbocycles. The van der Waals surface area contributed by atoms with Crippen molar-refractivity contribution in [2.75, 3.05) is 20.1 Å². The van der Waals surface area contributed by atoms with Gasteiger partial charge in [0, 0.05) is 51.4 Å². The fraction of sp³-hybridized carbons (Fsp3) is 0.375. The zero-order chi connectivity index (χ0) is 21.6. The number of likely N-dealkylation sites (tertiary alicyclic amines) is 1. The summed E-state index contributed by atoms with van der Waals surface area (Å²) in [5, 5.41) is 7.96. The third kappa shape index (κ3) is 5.23. The van der Waals surface area contributed by atoms with Crippen LogP contribution in [0.2, 0.25) is 0 Å². The first-order chi connectivity index (χ1) is 15.1. The highest BCUT2D eigenvalue weighted by Gasteiger charge is 2.22. The van der Waals surface area contributed by atoms with Crippen molar-refractivity contribution in [1.82, 2.24) is 25.0 Å². The highest BCUT2D eigenvalue weighted by atomic mass is 16.5. The molecule has 0 atom stereocenters. The van der Waals surface area contributed by atoms with E-state index >= 15 is 0 Å². The molecule has 31 heavy (non-hydrogen) atoms. The van der Waals surface area contributed by atoms with Crippen LogP contribution in [-0.4, -0.2) is 51.9 Å². The maximum Gasteiger partial charge on any atom is 0.193 e. The molecule has 3 heterocycles. The Morgan fingerprint density at radius 1 is 1.13 bits per heavy atom. The Hall–Kier alpha value is -3.35. The van der Waals surface area contributed by atoms with Crippen molar-refractivity contribution < 1.29 is 4.74 Å². The second kappa shape index (κ2) is 9.64. The maximum absolute atomic E-state index is 6.10. The van der Waals surface area contributed by atoms with Gasteiger partial charge in [0.2, 0.25) is 0 Å². The molecule has 1 fully saturated rings. The number of hydrogen-bond donors (Lipinski definition) is 1. The number of piperidine rings is 1. The van der Waals surface area contributed by atoms with Gasteiger partial charge in [0.05, 0.1) is 5.69 Å². The molecular formula is C24H30N6O. The first-order valence-corrected chi connectivity index (χ1v) is 10.8. The molecule has 1 aliphatic heterocycles. The monoisotopic (exact) mass is 418 g/mol. The van der Waals surface area contributed by atoms with Crippen LogP contribution in [0.3, 0.4) is 0 Å². The molecule has 162 valence electrons. The molecule has 7 heteroatoms. The Labute approximate surface area is 183 Å². The molecular weight excluding hydrogens is 388 g/mol. The Balaban J connectivity index is 1.28. The lowest BCUT2D eigenvalue weighted by molar-refractivity contribution is 0.129. The minimum atomic E-state index is 0.253. The van der Waals surface area contributed by atoms with Gasteiger partial charge in [-0.2, -0.15) is 5.10 Å². The molecule has 0 amide bonds. The van der Waals surface area contributed by atoms with Crippen molar-refractivity contribution in [3.63, 3.8) is 0 Å². The van der Waals surface area contributed by atoms with Crippen molar-refractivity contribution in [1.29, 1.82) is 0 Å². The second-order valence-corrected chi connectivity index (χ2v) is 7.88. The molecule has 1 N–H and O–H groups in total. The topological polar surface area (TPSA) is 67.6 Å². The van der Waals surface area contributed by atoms with E-state index < -0.39 is 0 Å². The van der Waals surface area contributed by atoms with Gasteiger partial charge in [0.25, 0.3) is 0 Å². The normalized spacial score (nSPS) is 15.2. The minimum absolute atomic E-state index is 0.253. The van der Waals surface area contributed by atoms with Crippen LogP contribution in [0.1, 0.15) is 29.8 Å². The third-order valence-corrected chi connectivity index (χ3v) is 5.49. The van der Waals surface area contributed by atoms with Gasteiger partial charge in [0.1, 0.15) is 11.9 Å². The van der Waals surface area contributed by atoms with Gasteiger partial charge in [-0.15, -0.1) is 0 Å². The lowest BCUT2D eigenvalue weighted by atomic mass is 10.1. The second-order valence-electron chi connectivity index (χ2n) is 7.88. The number of aryl methyl sites for hydroxylation is 2. The fourth-order valence-electron chi connectivity index (χ4n) is 3.90. The van der Waals surface area contributed by atoms with Gasteiger partial charge in [-0.1, -0.05) is 24.3 Å². The number of nitrogens with zero attached hydrogens (tertiary/aromatic N) is 5. The first kappa shape index (κ1) is 20.9. The average molecular weight is 419 g/mol. The van der Waals surface area contributed by atoms with E-state index in [0.717, 1.165) is 60.4 Å². The van der Waals surface area contributed by atoms with Crippen molar-refractivity contribution in [2.24, 2.45) is 4.99 Å². The van der Waals surface area contributed by atoms with E-state index in [1.54, 1.807) is 0 Å². The summed E-state index contributed by atoms with van der Waals surface area (Å²) in [5.74, 6) is 2.69. The van der Waals surface area contributed by atoms with Crippen molar-refractivity contribution in [2.45, 2.75) is 39.3 Å². The number of benzene rings is 1. The van der Waals surface area contributed by atoms with Crippen LogP contribution in [0.25, 0.3) is 5.82 Å². The number of nitrogens with one attached hydrogen (secondary N) is 1. The van der Waals surface area contributed by atoms with E-state index in [1.807, 2.05) is 68.2 Å². The van der Waals surface area contributed by atoms with Gasteiger partial charge in [-0.25, -0.2) is 9.67 Å². The van der Waals surface area contributed by atoms with Crippen LogP contribution >= 0.6 is 0 Å². The molecule has 0 bridgehead atoms. The van der Waals surface area contributed by atoms with Crippen molar-refractivity contribution in [3.8, 4) is 11.6 Å². The quantitative estimate of drug-likeness (QED) is 0.507. The van der Waals surface area contributed by atoms with Crippen LogP contribution in [-0.2, 0) is 6.54 Å². The summed E-state index contributed by atoms with van der Waals surface area (Å²) in [6.07, 6.45) is 4.11. The maximum atomic E-state index is 6.10. The number of para-hydroxylation sites is 1. The number of ether oxygens (including phenoxy) is 1. The summed E-state index contributed by atoms with van der Waals surface area (Å²) < 4.78 is 7.97. The third-order valence-electron chi connectivity index (χ3n) is 5.49. The predicted octanol–water partition coefficient (Wildman–Crippen LogP) is 3.50. The lowest BCUT2D eigenvalue weighted by Gasteiger charge is -2.34. The Bertz CT molecular complexity index is 1000. The molecule has 2 aromatic heterocycles. The van der Waals surface area contributed by atoms with Crippen LogP contribution in [0.4, 0.5) is 0 Å². The summed E-state index contributed by atoms with van der Waals surface area (Å²) in [6.45, 7) is 6.55. The number of hydrogen-bond acceptors (Lipinski definition) is 4. The Morgan fingerprint density at radius 3 is 2.52 bits per heavy atom. The molecule has 3 aromatic rings. The van der Waals surface area contributed by atoms with Crippen LogP contribution in [0, 0.1) is 13.8 Å². The SMILES string of the molecule is CN=C(NCc1ccc(-n2nc(C)cc2C)nc1)N1CCC(Oc2ccccc2)CC1. The van der Waals surface area contributed by atoms with Crippen molar-refractivity contribution in [3.05, 3.63) is 71.7 Å². The number of aromatic nitrogens is 3. The molecule has 1 aliphatic rings. The number of pyridine rings is 1. The highest BCUT2D eigenvalue weighted by molar-refractivity contribution is 5.79. The van der Waals surface area contributed by atoms with E-state index in [-0.39, 0.29) is 6.10 Å². The fourth-order valence-corrected chi connectivity index (χ4v) is 3.90. The summed E-state index contributed by atoms with van der Waals surface area (Å²) in [6, 6.07) is 16.2. The van der Waals surface area contributed by atoms with Gasteiger partial charge in [-0.3, -0.25) is 4.99 Å². The van der Waals surface area contributed by atoms with Gasteiger partial charge in [0.15, 0.2) is 11.8 Å². The molecule has 0 aliphatic carbocycles. The molecule has 1 saturated heterocycles. The van der Waals surface area contributed by atoms with E-state index in [4.69, 9.17) is 4.74 Å². The Kier molecular flexibility index (Phi) is 6.50. The van der Waals surface area contributed by atoms with E-state index in [9.17, 15) is 0 Å². The summed E-state index contributed by atoms with van der Waals surface area (Å²) in [7, 11) is 1.83. The number of guanidine groups is 1. The first-order valence-electron chi connectivity index (χ1n) is 10.8. The summed E-state index contributed by atoms with van der Waals surface area (Å²) >= 11 is 0. The van der Waals surface area contributed by atoms with Crippen LogP contribution < -0.4 is 10.1 Å². The molecule has 0 unspecified atom stereocenters. The summed E-state index contributed by atoms with van der Waals surface area (Å²) in [5.41, 5.74) is 3.18. The molecule has 1 aromatic carbocycles. The van der Waals surface area contributed by atoms with Gasteiger partial charge in [-0.05, 0) is 43.7 Å². The van der Waals surface area contributed by atoms with Gasteiger partial charge < -0.3 is 15.0 Å². The van der Waals surface area contributed by atoms with Crippen molar-refractivity contribution >= 4 is 5.96 Å². The largest absolute Gasteiger partial charge is 0.490 e. The smallest absolute Gasteiger partial charge is 0.193 e. The lowest BCUT2D eigenvalue weighted by Crippen LogP contribution is -2.47. The van der Waals surface area contributed by atoms with Crippen LogP contribution in [0.15, 0.2) is 59.7 Å². The van der Waals surface area contributed by atoms with Crippen LogP contribution in [0.5, 0.6) is 5.75 Å². The number of aliphatic imine (C=N–C) groups is 1.